The normalized spacial score (nSPS) is 12.0. The van der Waals surface area contributed by atoms with E-state index in [4.69, 9.17) is 20.8 Å². The van der Waals surface area contributed by atoms with E-state index in [1.165, 1.54) is 5.56 Å². The molecule has 4 rings (SSSR count). The molecule has 0 radical (unpaired) electrons. The first-order valence-electron chi connectivity index (χ1n) is 11.0. The van der Waals surface area contributed by atoms with Crippen LogP contribution < -0.4 is 10.1 Å². The van der Waals surface area contributed by atoms with E-state index in [9.17, 15) is 4.79 Å². The van der Waals surface area contributed by atoms with Crippen LogP contribution in [0, 0.1) is 13.8 Å². The third kappa shape index (κ3) is 5.20. The number of anilines is 1. The number of aromatic nitrogens is 1. The van der Waals surface area contributed by atoms with Gasteiger partial charge in [-0.2, -0.15) is 0 Å². The van der Waals surface area contributed by atoms with E-state index in [1.54, 1.807) is 18.2 Å². The standard InChI is InChI=1S/C27H27ClN2O3/c1-5-17(3)19-6-9-21(10-7-19)32-15-25(31)29-20-8-11-23(28)22(14-20)27-30-24-13-16(2)12-18(4)26(24)33-27/h6-14,17H,5,15H2,1-4H3,(H,29,31). The van der Waals surface area contributed by atoms with Crippen molar-refractivity contribution in [1.82, 2.24) is 4.98 Å². The number of nitrogens with zero attached hydrogens (tertiary/aromatic N) is 1. The quantitative estimate of drug-likeness (QED) is 0.313. The largest absolute Gasteiger partial charge is 0.484 e. The highest BCUT2D eigenvalue weighted by atomic mass is 35.5. The third-order valence-electron chi connectivity index (χ3n) is 5.73. The molecule has 1 N–H and O–H groups in total. The van der Waals surface area contributed by atoms with Crippen molar-refractivity contribution in [1.29, 1.82) is 0 Å². The van der Waals surface area contributed by atoms with E-state index in [-0.39, 0.29) is 12.5 Å². The van der Waals surface area contributed by atoms with E-state index < -0.39 is 0 Å². The van der Waals surface area contributed by atoms with E-state index in [2.05, 4.69) is 24.1 Å². The summed E-state index contributed by atoms with van der Waals surface area (Å²) in [6.45, 7) is 8.26. The van der Waals surface area contributed by atoms with E-state index in [1.807, 2.05) is 50.2 Å². The second-order valence-electron chi connectivity index (χ2n) is 8.36. The van der Waals surface area contributed by atoms with Gasteiger partial charge in [0.05, 0.1) is 10.6 Å². The number of fused-ring (bicyclic) bond motifs is 1. The predicted molar refractivity (Wildman–Crippen MR) is 133 cm³/mol. The Morgan fingerprint density at radius 2 is 1.88 bits per heavy atom. The molecule has 1 heterocycles. The minimum Gasteiger partial charge on any atom is -0.484 e. The maximum atomic E-state index is 12.5. The number of oxazole rings is 1. The van der Waals surface area contributed by atoms with Gasteiger partial charge in [-0.3, -0.25) is 4.79 Å². The number of nitrogens with one attached hydrogen (secondary N) is 1. The average molecular weight is 463 g/mol. The van der Waals surface area contributed by atoms with Crippen molar-refractivity contribution < 1.29 is 13.9 Å². The lowest BCUT2D eigenvalue weighted by Crippen LogP contribution is -2.20. The molecule has 0 saturated heterocycles. The van der Waals surface area contributed by atoms with Crippen molar-refractivity contribution >= 4 is 34.3 Å². The van der Waals surface area contributed by atoms with Crippen molar-refractivity contribution in [3.05, 3.63) is 76.3 Å². The van der Waals surface area contributed by atoms with Crippen LogP contribution in [0.15, 0.2) is 59.0 Å². The fourth-order valence-electron chi connectivity index (χ4n) is 3.73. The molecular weight excluding hydrogens is 436 g/mol. The minimum absolute atomic E-state index is 0.0952. The first-order chi connectivity index (χ1) is 15.8. The Morgan fingerprint density at radius 1 is 1.12 bits per heavy atom. The zero-order valence-electron chi connectivity index (χ0n) is 19.2. The minimum atomic E-state index is -0.265. The summed E-state index contributed by atoms with van der Waals surface area (Å²) in [6.07, 6.45) is 1.08. The molecule has 5 nitrogen and oxygen atoms in total. The lowest BCUT2D eigenvalue weighted by atomic mass is 9.99. The molecule has 1 unspecified atom stereocenters. The van der Waals surface area contributed by atoms with Crippen molar-refractivity contribution in [2.24, 2.45) is 0 Å². The van der Waals surface area contributed by atoms with E-state index in [0.717, 1.165) is 28.6 Å². The first kappa shape index (κ1) is 22.9. The summed E-state index contributed by atoms with van der Waals surface area (Å²) in [4.78, 5) is 17.1. The molecular formula is C27H27ClN2O3. The summed E-state index contributed by atoms with van der Waals surface area (Å²) >= 11 is 6.42. The molecule has 0 aliphatic rings. The van der Waals surface area contributed by atoms with Gasteiger partial charge in [-0.15, -0.1) is 0 Å². The maximum Gasteiger partial charge on any atom is 0.262 e. The van der Waals surface area contributed by atoms with Gasteiger partial charge in [0.15, 0.2) is 12.2 Å². The van der Waals surface area contributed by atoms with E-state index >= 15 is 0 Å². The summed E-state index contributed by atoms with van der Waals surface area (Å²) in [7, 11) is 0. The van der Waals surface area contributed by atoms with Crippen molar-refractivity contribution in [3.63, 3.8) is 0 Å². The summed E-state index contributed by atoms with van der Waals surface area (Å²) in [5.41, 5.74) is 6.09. The second kappa shape index (κ2) is 9.67. The van der Waals surface area contributed by atoms with Crippen LogP contribution in [0.4, 0.5) is 5.69 Å². The summed E-state index contributed by atoms with van der Waals surface area (Å²) < 4.78 is 11.6. The fourth-order valence-corrected chi connectivity index (χ4v) is 3.93. The number of amides is 1. The number of halogens is 1. The molecule has 1 aromatic heterocycles. The Labute approximate surface area is 198 Å². The Balaban J connectivity index is 1.45. The molecule has 0 bridgehead atoms. The number of hydrogen-bond acceptors (Lipinski definition) is 4. The van der Waals surface area contributed by atoms with Gasteiger partial charge in [0.1, 0.15) is 11.3 Å². The predicted octanol–water partition coefficient (Wildman–Crippen LogP) is 7.30. The molecule has 0 saturated carbocycles. The van der Waals surface area contributed by atoms with Crippen LogP contribution in [0.3, 0.4) is 0 Å². The molecule has 3 aromatic carbocycles. The first-order valence-corrected chi connectivity index (χ1v) is 11.4. The molecule has 0 spiro atoms. The Hall–Kier alpha value is -3.31. The van der Waals surface area contributed by atoms with Gasteiger partial charge in [-0.05, 0) is 79.3 Å². The number of ether oxygens (including phenoxy) is 1. The van der Waals surface area contributed by atoms with Crippen LogP contribution >= 0.6 is 11.6 Å². The number of hydrogen-bond donors (Lipinski definition) is 1. The molecule has 0 aliphatic heterocycles. The van der Waals surface area contributed by atoms with Crippen molar-refractivity contribution in [3.8, 4) is 17.2 Å². The van der Waals surface area contributed by atoms with Crippen molar-refractivity contribution in [2.45, 2.75) is 40.0 Å². The van der Waals surface area contributed by atoms with Crippen LogP contribution in [0.5, 0.6) is 5.75 Å². The number of carbonyl (C=O) groups excluding carboxylic acids is 1. The fraction of sp³-hybridized carbons (Fsp3) is 0.259. The Morgan fingerprint density at radius 3 is 2.61 bits per heavy atom. The molecule has 4 aromatic rings. The Kier molecular flexibility index (Phi) is 6.70. The lowest BCUT2D eigenvalue weighted by molar-refractivity contribution is -0.118. The molecule has 170 valence electrons. The topological polar surface area (TPSA) is 64.4 Å². The van der Waals surface area contributed by atoms with Crippen LogP contribution in [0.1, 0.15) is 42.9 Å². The highest BCUT2D eigenvalue weighted by molar-refractivity contribution is 6.33. The molecule has 1 amide bonds. The van der Waals surface area contributed by atoms with Gasteiger partial charge in [-0.25, -0.2) is 4.98 Å². The monoisotopic (exact) mass is 462 g/mol. The Bertz CT molecular complexity index is 1290. The smallest absolute Gasteiger partial charge is 0.262 e. The second-order valence-corrected chi connectivity index (χ2v) is 8.77. The summed E-state index contributed by atoms with van der Waals surface area (Å²) in [5.74, 6) is 1.30. The van der Waals surface area contributed by atoms with Gasteiger partial charge in [0, 0.05) is 5.69 Å². The van der Waals surface area contributed by atoms with Gasteiger partial charge < -0.3 is 14.5 Å². The molecule has 0 aliphatic carbocycles. The van der Waals surface area contributed by atoms with Crippen LogP contribution in [-0.4, -0.2) is 17.5 Å². The number of carbonyl (C=O) groups is 1. The maximum absolute atomic E-state index is 12.5. The van der Waals surface area contributed by atoms with Gasteiger partial charge in [0.2, 0.25) is 5.89 Å². The SMILES string of the molecule is CCC(C)c1ccc(OCC(=O)Nc2ccc(Cl)c(-c3nc4cc(C)cc(C)c4o3)c2)cc1. The molecule has 1 atom stereocenters. The lowest BCUT2D eigenvalue weighted by Gasteiger charge is -2.11. The summed E-state index contributed by atoms with van der Waals surface area (Å²) in [5, 5.41) is 3.34. The van der Waals surface area contributed by atoms with E-state index in [0.29, 0.717) is 33.8 Å². The van der Waals surface area contributed by atoms with Crippen LogP contribution in [0.25, 0.3) is 22.6 Å². The highest BCUT2D eigenvalue weighted by Gasteiger charge is 2.15. The molecule has 0 fully saturated rings. The zero-order valence-corrected chi connectivity index (χ0v) is 20.0. The average Bonchev–Trinajstić information content (AvgIpc) is 3.23. The van der Waals surface area contributed by atoms with Gasteiger partial charge >= 0.3 is 0 Å². The van der Waals surface area contributed by atoms with Crippen molar-refractivity contribution in [2.75, 3.05) is 11.9 Å². The molecule has 6 heteroatoms. The van der Waals surface area contributed by atoms with Gasteiger partial charge in [-0.1, -0.05) is 43.6 Å². The summed E-state index contributed by atoms with van der Waals surface area (Å²) in [6, 6.07) is 17.1. The third-order valence-corrected chi connectivity index (χ3v) is 6.06. The number of rotatable bonds is 7. The zero-order chi connectivity index (χ0) is 23.5. The number of benzene rings is 3. The van der Waals surface area contributed by atoms with Crippen LogP contribution in [0.2, 0.25) is 5.02 Å². The molecule has 33 heavy (non-hydrogen) atoms. The number of aryl methyl sites for hydroxylation is 2. The van der Waals surface area contributed by atoms with Gasteiger partial charge in [0.25, 0.3) is 5.91 Å². The van der Waals surface area contributed by atoms with Crippen LogP contribution in [-0.2, 0) is 4.79 Å². The highest BCUT2D eigenvalue weighted by Crippen LogP contribution is 2.33.